The van der Waals surface area contributed by atoms with Gasteiger partial charge in [0.1, 0.15) is 6.10 Å². The summed E-state index contributed by atoms with van der Waals surface area (Å²) in [5, 5.41) is 0. The molecule has 2 unspecified atom stereocenters. The number of hydrogen-bond acceptors (Lipinski definition) is 6. The predicted octanol–water partition coefficient (Wildman–Crippen LogP) is 1.69. The Morgan fingerprint density at radius 3 is 2.95 bits per heavy atom. The highest BCUT2D eigenvalue weighted by Gasteiger charge is 2.46. The Balaban J connectivity index is 1.40. The second kappa shape index (κ2) is 5.53. The first-order chi connectivity index (χ1) is 10.8. The molecule has 0 N–H and O–H groups in total. The monoisotopic (exact) mass is 298 g/mol. The van der Waals surface area contributed by atoms with Crippen LogP contribution in [-0.4, -0.2) is 46.4 Å². The molecule has 2 atom stereocenters. The molecule has 0 saturated carbocycles. The van der Waals surface area contributed by atoms with Crippen molar-refractivity contribution in [3.8, 4) is 6.01 Å². The van der Waals surface area contributed by atoms with E-state index in [0.29, 0.717) is 12.6 Å². The van der Waals surface area contributed by atoms with E-state index in [0.717, 1.165) is 31.6 Å². The highest BCUT2D eigenvalue weighted by molar-refractivity contribution is 5.45. The molecule has 6 heteroatoms. The lowest BCUT2D eigenvalue weighted by molar-refractivity contribution is 0.0192. The first-order valence-corrected chi connectivity index (χ1v) is 7.56. The zero-order valence-corrected chi connectivity index (χ0v) is 12.3. The molecule has 2 aliphatic heterocycles. The fourth-order valence-electron chi connectivity index (χ4n) is 3.26. The van der Waals surface area contributed by atoms with Crippen LogP contribution < -0.4 is 9.64 Å². The summed E-state index contributed by atoms with van der Waals surface area (Å²) in [7, 11) is 0. The number of nitrogens with zero attached hydrogens (tertiary/aromatic N) is 4. The Morgan fingerprint density at radius 1 is 1.23 bits per heavy atom. The molecule has 1 spiro atoms. The minimum Gasteiger partial charge on any atom is -0.458 e. The SMILES string of the molecule is c1cnc(OC2COC3(CCN(c4cccnc4)C3)C2)nc1. The molecule has 2 aromatic heterocycles. The van der Waals surface area contributed by atoms with Gasteiger partial charge in [0, 0.05) is 38.1 Å². The van der Waals surface area contributed by atoms with E-state index in [4.69, 9.17) is 9.47 Å². The number of pyridine rings is 1. The predicted molar refractivity (Wildman–Crippen MR) is 80.8 cm³/mol. The van der Waals surface area contributed by atoms with Gasteiger partial charge in [0.05, 0.1) is 24.1 Å². The Kier molecular flexibility index (Phi) is 3.38. The van der Waals surface area contributed by atoms with Crippen molar-refractivity contribution in [1.29, 1.82) is 0 Å². The maximum Gasteiger partial charge on any atom is 0.316 e. The van der Waals surface area contributed by atoms with Gasteiger partial charge >= 0.3 is 6.01 Å². The largest absolute Gasteiger partial charge is 0.458 e. The van der Waals surface area contributed by atoms with Crippen molar-refractivity contribution in [2.24, 2.45) is 0 Å². The zero-order chi connectivity index (χ0) is 14.8. The Labute approximate surface area is 129 Å². The fourth-order valence-corrected chi connectivity index (χ4v) is 3.26. The maximum atomic E-state index is 6.10. The third kappa shape index (κ3) is 2.62. The number of aromatic nitrogens is 3. The molecule has 4 heterocycles. The van der Waals surface area contributed by atoms with Crippen LogP contribution in [0.4, 0.5) is 5.69 Å². The standard InChI is InChI=1S/C16H18N4O2/c1-3-13(10-17-5-1)20-8-4-16(12-20)9-14(11-21-16)22-15-18-6-2-7-19-15/h1-3,5-7,10,14H,4,8-9,11-12H2. The summed E-state index contributed by atoms with van der Waals surface area (Å²) in [5.41, 5.74) is 1.04. The van der Waals surface area contributed by atoms with Crippen molar-refractivity contribution in [1.82, 2.24) is 15.0 Å². The van der Waals surface area contributed by atoms with E-state index in [1.54, 1.807) is 24.7 Å². The van der Waals surface area contributed by atoms with Crippen molar-refractivity contribution in [3.63, 3.8) is 0 Å². The summed E-state index contributed by atoms with van der Waals surface area (Å²) in [6.45, 7) is 2.47. The van der Waals surface area contributed by atoms with Gasteiger partial charge in [-0.1, -0.05) is 0 Å². The van der Waals surface area contributed by atoms with E-state index in [1.807, 2.05) is 12.3 Å². The third-order valence-electron chi connectivity index (χ3n) is 4.32. The lowest BCUT2D eigenvalue weighted by Crippen LogP contribution is -2.33. The smallest absolute Gasteiger partial charge is 0.316 e. The summed E-state index contributed by atoms with van der Waals surface area (Å²) in [6.07, 6.45) is 8.99. The zero-order valence-electron chi connectivity index (χ0n) is 12.3. The first kappa shape index (κ1) is 13.5. The summed E-state index contributed by atoms with van der Waals surface area (Å²) in [5.74, 6) is 0. The van der Waals surface area contributed by atoms with Crippen molar-refractivity contribution >= 4 is 5.69 Å². The topological polar surface area (TPSA) is 60.4 Å². The van der Waals surface area contributed by atoms with E-state index in [-0.39, 0.29) is 11.7 Å². The molecule has 0 bridgehead atoms. The van der Waals surface area contributed by atoms with Crippen LogP contribution in [0.25, 0.3) is 0 Å². The number of hydrogen-bond donors (Lipinski definition) is 0. The van der Waals surface area contributed by atoms with E-state index in [1.165, 1.54) is 0 Å². The minimum atomic E-state index is -0.116. The fraction of sp³-hybridized carbons (Fsp3) is 0.438. The summed E-state index contributed by atoms with van der Waals surface area (Å²) in [6, 6.07) is 6.26. The molecule has 114 valence electrons. The van der Waals surface area contributed by atoms with Crippen LogP contribution >= 0.6 is 0 Å². The van der Waals surface area contributed by atoms with Crippen LogP contribution in [0.2, 0.25) is 0 Å². The van der Waals surface area contributed by atoms with E-state index in [2.05, 4.69) is 25.9 Å². The molecular formula is C16H18N4O2. The quantitative estimate of drug-likeness (QED) is 0.859. The molecule has 0 aromatic carbocycles. The molecule has 2 aromatic rings. The van der Waals surface area contributed by atoms with Gasteiger partial charge < -0.3 is 14.4 Å². The van der Waals surface area contributed by atoms with Crippen LogP contribution in [0.1, 0.15) is 12.8 Å². The van der Waals surface area contributed by atoms with Gasteiger partial charge in [-0.05, 0) is 24.6 Å². The lowest BCUT2D eigenvalue weighted by atomic mass is 9.98. The van der Waals surface area contributed by atoms with Crippen LogP contribution in [0.3, 0.4) is 0 Å². The Morgan fingerprint density at radius 2 is 2.14 bits per heavy atom. The molecule has 2 saturated heterocycles. The lowest BCUT2D eigenvalue weighted by Gasteiger charge is -2.24. The van der Waals surface area contributed by atoms with Crippen molar-refractivity contribution in [3.05, 3.63) is 43.0 Å². The van der Waals surface area contributed by atoms with Crippen molar-refractivity contribution in [2.45, 2.75) is 24.5 Å². The second-order valence-electron chi connectivity index (χ2n) is 5.85. The molecule has 0 radical (unpaired) electrons. The summed E-state index contributed by atoms with van der Waals surface area (Å²) >= 11 is 0. The van der Waals surface area contributed by atoms with Gasteiger partial charge in [-0.2, -0.15) is 0 Å². The normalized spacial score (nSPS) is 27.5. The first-order valence-electron chi connectivity index (χ1n) is 7.56. The van der Waals surface area contributed by atoms with Crippen molar-refractivity contribution in [2.75, 3.05) is 24.6 Å². The average molecular weight is 298 g/mol. The van der Waals surface area contributed by atoms with Gasteiger partial charge in [-0.15, -0.1) is 0 Å². The highest BCUT2D eigenvalue weighted by atomic mass is 16.6. The molecule has 22 heavy (non-hydrogen) atoms. The minimum absolute atomic E-state index is 0.0243. The molecule has 0 amide bonds. The van der Waals surface area contributed by atoms with Crippen LogP contribution in [-0.2, 0) is 4.74 Å². The molecule has 6 nitrogen and oxygen atoms in total. The molecule has 0 aliphatic carbocycles. The second-order valence-corrected chi connectivity index (χ2v) is 5.85. The molecular weight excluding hydrogens is 280 g/mol. The van der Waals surface area contributed by atoms with Gasteiger partial charge in [0.2, 0.25) is 0 Å². The van der Waals surface area contributed by atoms with Gasteiger partial charge in [0.25, 0.3) is 0 Å². The third-order valence-corrected chi connectivity index (χ3v) is 4.32. The number of anilines is 1. The molecule has 2 fully saturated rings. The molecule has 4 rings (SSSR count). The van der Waals surface area contributed by atoms with Gasteiger partial charge in [0.15, 0.2) is 0 Å². The number of rotatable bonds is 3. The number of ether oxygens (including phenoxy) is 2. The summed E-state index contributed by atoms with van der Waals surface area (Å²) in [4.78, 5) is 14.7. The van der Waals surface area contributed by atoms with Crippen LogP contribution in [0, 0.1) is 0 Å². The summed E-state index contributed by atoms with van der Waals surface area (Å²) < 4.78 is 11.9. The van der Waals surface area contributed by atoms with Crippen LogP contribution in [0.15, 0.2) is 43.0 Å². The van der Waals surface area contributed by atoms with E-state index in [9.17, 15) is 0 Å². The Hall–Kier alpha value is -2.21. The molecule has 2 aliphatic rings. The van der Waals surface area contributed by atoms with Crippen LogP contribution in [0.5, 0.6) is 6.01 Å². The van der Waals surface area contributed by atoms with Gasteiger partial charge in [-0.25, -0.2) is 9.97 Å². The van der Waals surface area contributed by atoms with E-state index < -0.39 is 0 Å². The Bertz CT molecular complexity index is 625. The van der Waals surface area contributed by atoms with Gasteiger partial charge in [-0.3, -0.25) is 4.98 Å². The highest BCUT2D eigenvalue weighted by Crippen LogP contribution is 2.37. The average Bonchev–Trinajstić information content (AvgIpc) is 3.17. The maximum absolute atomic E-state index is 6.10. The van der Waals surface area contributed by atoms with Crippen molar-refractivity contribution < 1.29 is 9.47 Å². The van der Waals surface area contributed by atoms with E-state index >= 15 is 0 Å².